The van der Waals surface area contributed by atoms with Gasteiger partial charge in [0.25, 0.3) is 5.69 Å². The van der Waals surface area contributed by atoms with Gasteiger partial charge in [0, 0.05) is 11.6 Å². The molecular weight excluding hydrogens is 248 g/mol. The van der Waals surface area contributed by atoms with Crippen molar-refractivity contribution in [1.29, 1.82) is 0 Å². The lowest BCUT2D eigenvalue weighted by atomic mass is 10.1. The third-order valence-corrected chi connectivity index (χ3v) is 3.14. The Balaban J connectivity index is 3.33. The molecule has 0 aliphatic heterocycles. The quantitative estimate of drug-likeness (QED) is 0.632. The summed E-state index contributed by atoms with van der Waals surface area (Å²) in [5.41, 5.74) is 0.868. The molecule has 0 amide bonds. The number of nitro groups is 1. The maximum absolute atomic E-state index is 11.2. The van der Waals surface area contributed by atoms with Crippen LogP contribution in [0.15, 0.2) is 18.2 Å². The Hall–Kier alpha value is -2.11. The number of carboxylic acids is 1. The highest BCUT2D eigenvalue weighted by molar-refractivity contribution is 5.77. The topological polar surface area (TPSA) is 83.7 Å². The van der Waals surface area contributed by atoms with Crippen molar-refractivity contribution < 1.29 is 14.8 Å². The number of hydrogen-bond acceptors (Lipinski definition) is 4. The summed E-state index contributed by atoms with van der Waals surface area (Å²) in [6.07, 6.45) is 0.707. The van der Waals surface area contributed by atoms with Gasteiger partial charge in [0.2, 0.25) is 0 Å². The van der Waals surface area contributed by atoms with Gasteiger partial charge < -0.3 is 10.0 Å². The molecule has 0 aromatic heterocycles. The average Bonchev–Trinajstić information content (AvgIpc) is 2.34. The monoisotopic (exact) mass is 266 g/mol. The Kier molecular flexibility index (Phi) is 4.86. The van der Waals surface area contributed by atoms with Gasteiger partial charge in [-0.15, -0.1) is 0 Å². The van der Waals surface area contributed by atoms with E-state index in [1.807, 2.05) is 13.8 Å². The highest BCUT2D eigenvalue weighted by Gasteiger charge is 2.25. The summed E-state index contributed by atoms with van der Waals surface area (Å²) >= 11 is 0. The molecule has 0 radical (unpaired) electrons. The predicted octanol–water partition coefficient (Wildman–Crippen LogP) is 2.59. The van der Waals surface area contributed by atoms with Gasteiger partial charge in [-0.3, -0.25) is 14.9 Å². The number of aryl methyl sites for hydroxylation is 1. The molecule has 0 spiro atoms. The van der Waals surface area contributed by atoms with Crippen LogP contribution in [0.1, 0.15) is 25.8 Å². The molecule has 19 heavy (non-hydrogen) atoms. The van der Waals surface area contributed by atoms with Crippen LogP contribution >= 0.6 is 0 Å². The molecule has 104 valence electrons. The van der Waals surface area contributed by atoms with E-state index in [-0.39, 0.29) is 18.3 Å². The predicted molar refractivity (Wildman–Crippen MR) is 72.6 cm³/mol. The van der Waals surface area contributed by atoms with Crippen molar-refractivity contribution in [2.75, 3.05) is 11.4 Å². The van der Waals surface area contributed by atoms with Crippen molar-refractivity contribution in [3.8, 4) is 0 Å². The summed E-state index contributed by atoms with van der Waals surface area (Å²) in [6, 6.07) is 4.86. The summed E-state index contributed by atoms with van der Waals surface area (Å²) in [4.78, 5) is 23.2. The number of hydrogen-bond donors (Lipinski definition) is 1. The second kappa shape index (κ2) is 6.17. The van der Waals surface area contributed by atoms with E-state index in [1.54, 1.807) is 30.0 Å². The summed E-state index contributed by atoms with van der Waals surface area (Å²) < 4.78 is 0. The maximum Gasteiger partial charge on any atom is 0.323 e. The third-order valence-electron chi connectivity index (χ3n) is 3.14. The summed E-state index contributed by atoms with van der Waals surface area (Å²) in [7, 11) is 0. The number of nitrogens with zero attached hydrogens (tertiary/aromatic N) is 2. The Morgan fingerprint density at radius 2 is 2.16 bits per heavy atom. The molecule has 0 aliphatic rings. The molecule has 0 aliphatic carbocycles. The lowest BCUT2D eigenvalue weighted by Crippen LogP contribution is -2.37. The second-order valence-corrected chi connectivity index (χ2v) is 4.48. The second-order valence-electron chi connectivity index (χ2n) is 4.48. The number of anilines is 1. The Bertz CT molecular complexity index is 488. The van der Waals surface area contributed by atoms with Crippen molar-refractivity contribution in [3.63, 3.8) is 0 Å². The number of rotatable bonds is 6. The zero-order chi connectivity index (χ0) is 14.6. The van der Waals surface area contributed by atoms with E-state index in [0.29, 0.717) is 17.7 Å². The molecule has 0 heterocycles. The highest BCUT2D eigenvalue weighted by Crippen LogP contribution is 2.32. The molecule has 1 N–H and O–H groups in total. The van der Waals surface area contributed by atoms with Crippen molar-refractivity contribution >= 4 is 17.3 Å². The van der Waals surface area contributed by atoms with Crippen LogP contribution in [-0.2, 0) is 4.79 Å². The van der Waals surface area contributed by atoms with E-state index in [1.165, 1.54) is 0 Å². The van der Waals surface area contributed by atoms with E-state index < -0.39 is 10.9 Å². The minimum atomic E-state index is -1.00. The van der Waals surface area contributed by atoms with Crippen LogP contribution < -0.4 is 4.90 Å². The third kappa shape index (κ3) is 3.43. The average molecular weight is 266 g/mol. The van der Waals surface area contributed by atoms with Crippen LogP contribution in [0.5, 0.6) is 0 Å². The van der Waals surface area contributed by atoms with Crippen molar-refractivity contribution in [2.45, 2.75) is 33.2 Å². The molecule has 6 nitrogen and oxygen atoms in total. The molecule has 1 unspecified atom stereocenters. The van der Waals surface area contributed by atoms with Gasteiger partial charge >= 0.3 is 5.97 Å². The van der Waals surface area contributed by atoms with Crippen LogP contribution in [0.3, 0.4) is 0 Å². The van der Waals surface area contributed by atoms with Gasteiger partial charge in [0.05, 0.1) is 4.92 Å². The molecule has 6 heteroatoms. The number of benzene rings is 1. The molecular formula is C13H18N2O4. The molecule has 1 rings (SSSR count). The first-order valence-electron chi connectivity index (χ1n) is 6.10. The van der Waals surface area contributed by atoms with Crippen LogP contribution in [0.2, 0.25) is 0 Å². The molecule has 1 aromatic carbocycles. The number of nitro benzene ring substituents is 1. The van der Waals surface area contributed by atoms with E-state index in [2.05, 4.69) is 0 Å². The summed E-state index contributed by atoms with van der Waals surface area (Å²) in [6.45, 7) is 5.17. The highest BCUT2D eigenvalue weighted by atomic mass is 16.6. The lowest BCUT2D eigenvalue weighted by Gasteiger charge is -2.29. The molecule has 0 saturated heterocycles. The van der Waals surface area contributed by atoms with Crippen LogP contribution in [-0.4, -0.2) is 28.6 Å². The molecule has 0 saturated carbocycles. The number of carbonyl (C=O) groups is 1. The first-order valence-corrected chi connectivity index (χ1v) is 6.10. The zero-order valence-electron chi connectivity index (χ0n) is 11.3. The number of para-hydroxylation sites is 1. The number of carboxylic acid groups (broad SMARTS) is 1. The van der Waals surface area contributed by atoms with Gasteiger partial charge in [0.15, 0.2) is 0 Å². The molecule has 1 atom stereocenters. The fraction of sp³-hybridized carbons (Fsp3) is 0.462. The first-order chi connectivity index (χ1) is 8.88. The summed E-state index contributed by atoms with van der Waals surface area (Å²) in [5.74, 6) is -1.00. The van der Waals surface area contributed by atoms with Crippen molar-refractivity contribution in [1.82, 2.24) is 0 Å². The van der Waals surface area contributed by atoms with Crippen LogP contribution in [0.4, 0.5) is 11.4 Å². The summed E-state index contributed by atoms with van der Waals surface area (Å²) in [5, 5.41) is 20.2. The van der Waals surface area contributed by atoms with E-state index in [4.69, 9.17) is 5.11 Å². The molecule has 1 aromatic rings. The minimum Gasteiger partial charge on any atom is -0.480 e. The fourth-order valence-corrected chi connectivity index (χ4v) is 1.96. The van der Waals surface area contributed by atoms with Crippen LogP contribution in [0, 0.1) is 17.0 Å². The van der Waals surface area contributed by atoms with E-state index in [0.717, 1.165) is 0 Å². The molecule has 0 bridgehead atoms. The van der Waals surface area contributed by atoms with Crippen LogP contribution in [0.25, 0.3) is 0 Å². The Morgan fingerprint density at radius 3 is 2.63 bits per heavy atom. The largest absolute Gasteiger partial charge is 0.480 e. The Labute approximate surface area is 111 Å². The lowest BCUT2D eigenvalue weighted by molar-refractivity contribution is -0.384. The van der Waals surface area contributed by atoms with Crippen molar-refractivity contribution in [3.05, 3.63) is 33.9 Å². The fourth-order valence-electron chi connectivity index (χ4n) is 1.96. The van der Waals surface area contributed by atoms with Gasteiger partial charge in [-0.25, -0.2) is 0 Å². The number of aliphatic carboxylic acids is 1. The standard InChI is InChI=1S/C13H18N2O4/c1-4-10(3)14(8-12(16)17)11-7-5-6-9(2)13(11)15(18)19/h5-7,10H,4,8H2,1-3H3,(H,16,17). The molecule has 0 fully saturated rings. The zero-order valence-corrected chi connectivity index (χ0v) is 11.3. The van der Waals surface area contributed by atoms with Gasteiger partial charge in [-0.05, 0) is 26.3 Å². The van der Waals surface area contributed by atoms with E-state index in [9.17, 15) is 14.9 Å². The van der Waals surface area contributed by atoms with Gasteiger partial charge in [-0.2, -0.15) is 0 Å². The smallest absolute Gasteiger partial charge is 0.323 e. The minimum absolute atomic E-state index is 0.0240. The SMILES string of the molecule is CCC(C)N(CC(=O)O)c1cccc(C)c1[N+](=O)[O-]. The Morgan fingerprint density at radius 1 is 1.53 bits per heavy atom. The van der Waals surface area contributed by atoms with Gasteiger partial charge in [0.1, 0.15) is 12.2 Å². The van der Waals surface area contributed by atoms with Gasteiger partial charge in [-0.1, -0.05) is 19.1 Å². The first kappa shape index (κ1) is 14.9. The maximum atomic E-state index is 11.2. The van der Waals surface area contributed by atoms with E-state index >= 15 is 0 Å². The van der Waals surface area contributed by atoms with Crippen molar-refractivity contribution in [2.24, 2.45) is 0 Å². The normalized spacial score (nSPS) is 11.9.